The van der Waals surface area contributed by atoms with E-state index in [1.54, 1.807) is 0 Å². The van der Waals surface area contributed by atoms with Crippen molar-refractivity contribution >= 4 is 17.9 Å². The lowest BCUT2D eigenvalue weighted by molar-refractivity contribution is -0.167. The number of rotatable bonds is 40. The van der Waals surface area contributed by atoms with E-state index in [0.717, 1.165) is 69.6 Å². The lowest BCUT2D eigenvalue weighted by Gasteiger charge is -2.18. The number of unbranched alkanes of at least 4 members (excludes halogenated alkanes) is 24. The first-order valence-corrected chi connectivity index (χ1v) is 22.8. The minimum atomic E-state index is -0.760. The maximum Gasteiger partial charge on any atom is 0.306 e. The third kappa shape index (κ3) is 38.1. The average Bonchev–Trinajstić information content (AvgIpc) is 3.12. The normalized spacial score (nSPS) is 12.6. The zero-order valence-corrected chi connectivity index (χ0v) is 35.4. The van der Waals surface area contributed by atoms with Gasteiger partial charge in [-0.1, -0.05) is 208 Å². The van der Waals surface area contributed by atoms with Crippen molar-refractivity contribution in [3.05, 3.63) is 0 Å². The van der Waals surface area contributed by atoms with Gasteiger partial charge in [0.25, 0.3) is 0 Å². The van der Waals surface area contributed by atoms with Crippen molar-refractivity contribution in [2.45, 2.75) is 253 Å². The Morgan fingerprint density at radius 1 is 0.404 bits per heavy atom. The topological polar surface area (TPSA) is 78.9 Å². The van der Waals surface area contributed by atoms with Crippen molar-refractivity contribution in [3.63, 3.8) is 0 Å². The molecule has 0 aromatic heterocycles. The molecule has 0 bridgehead atoms. The van der Waals surface area contributed by atoms with Crippen LogP contribution in [0.15, 0.2) is 0 Å². The van der Waals surface area contributed by atoms with Gasteiger partial charge in [0.05, 0.1) is 0 Å². The zero-order chi connectivity index (χ0) is 38.3. The Kier molecular flexibility index (Phi) is 37.9. The maximum atomic E-state index is 12.7. The number of carbonyl (C=O) groups is 3. The predicted octanol–water partition coefficient (Wildman–Crippen LogP) is 14.2. The number of esters is 3. The van der Waals surface area contributed by atoms with Crippen molar-refractivity contribution < 1.29 is 28.6 Å². The molecule has 0 aromatic carbocycles. The quantitative estimate of drug-likeness (QED) is 0.0354. The summed E-state index contributed by atoms with van der Waals surface area (Å²) in [5, 5.41) is 0. The highest BCUT2D eigenvalue weighted by molar-refractivity contribution is 5.71. The summed E-state index contributed by atoms with van der Waals surface area (Å²) in [5.41, 5.74) is 0. The highest BCUT2D eigenvalue weighted by atomic mass is 16.6. The number of hydrogen-bond donors (Lipinski definition) is 0. The van der Waals surface area contributed by atoms with Crippen molar-refractivity contribution in [1.82, 2.24) is 0 Å². The predicted molar refractivity (Wildman–Crippen MR) is 220 cm³/mol. The van der Waals surface area contributed by atoms with Gasteiger partial charge in [0.15, 0.2) is 6.10 Å². The number of hydrogen-bond acceptors (Lipinski definition) is 6. The first-order valence-electron chi connectivity index (χ1n) is 22.8. The summed E-state index contributed by atoms with van der Waals surface area (Å²) in [6.07, 6.45) is 36.5. The molecule has 0 N–H and O–H groups in total. The van der Waals surface area contributed by atoms with Crippen LogP contribution in [-0.4, -0.2) is 37.2 Å². The van der Waals surface area contributed by atoms with Crippen LogP contribution in [0.25, 0.3) is 0 Å². The molecule has 6 nitrogen and oxygen atoms in total. The molecule has 52 heavy (non-hydrogen) atoms. The molecule has 0 radical (unpaired) electrons. The highest BCUT2D eigenvalue weighted by Crippen LogP contribution is 2.17. The summed E-state index contributed by atoms with van der Waals surface area (Å²) in [6.45, 7) is 11.3. The first kappa shape index (κ1) is 50.4. The van der Waals surface area contributed by atoms with E-state index < -0.39 is 6.10 Å². The molecule has 0 spiro atoms. The highest BCUT2D eigenvalue weighted by Gasteiger charge is 2.19. The summed E-state index contributed by atoms with van der Waals surface area (Å²) < 4.78 is 16.7. The van der Waals surface area contributed by atoms with E-state index >= 15 is 0 Å². The molecule has 0 saturated carbocycles. The Morgan fingerprint density at radius 2 is 0.731 bits per heavy atom. The van der Waals surface area contributed by atoms with Crippen molar-refractivity contribution in [3.8, 4) is 0 Å². The van der Waals surface area contributed by atoms with E-state index in [1.807, 2.05) is 0 Å². The van der Waals surface area contributed by atoms with Gasteiger partial charge in [-0.15, -0.1) is 0 Å². The number of ether oxygens (including phenoxy) is 3. The van der Waals surface area contributed by atoms with E-state index in [2.05, 4.69) is 34.6 Å². The minimum absolute atomic E-state index is 0.0654. The smallest absolute Gasteiger partial charge is 0.306 e. The molecule has 0 fully saturated rings. The van der Waals surface area contributed by atoms with Gasteiger partial charge in [0.1, 0.15) is 13.2 Å². The van der Waals surface area contributed by atoms with Crippen molar-refractivity contribution in [2.24, 2.45) is 11.8 Å². The molecule has 0 saturated heterocycles. The molecule has 0 amide bonds. The summed E-state index contributed by atoms with van der Waals surface area (Å²) in [7, 11) is 0. The summed E-state index contributed by atoms with van der Waals surface area (Å²) >= 11 is 0. The summed E-state index contributed by atoms with van der Waals surface area (Å²) in [6, 6.07) is 0. The summed E-state index contributed by atoms with van der Waals surface area (Å²) in [5.74, 6) is 0.793. The van der Waals surface area contributed by atoms with Gasteiger partial charge in [-0.25, -0.2) is 0 Å². The van der Waals surface area contributed by atoms with Crippen LogP contribution in [0.2, 0.25) is 0 Å². The number of carbonyl (C=O) groups excluding carboxylic acids is 3. The van der Waals surface area contributed by atoms with Crippen molar-refractivity contribution in [1.29, 1.82) is 0 Å². The van der Waals surface area contributed by atoms with Gasteiger partial charge in [-0.05, 0) is 31.1 Å². The van der Waals surface area contributed by atoms with Crippen LogP contribution in [0.3, 0.4) is 0 Å². The molecule has 0 aliphatic rings. The van der Waals surface area contributed by atoms with Gasteiger partial charge in [0.2, 0.25) is 0 Å². The molecule has 0 heterocycles. The standard InChI is InChI=1S/C46H88O6/c1-6-8-9-10-11-12-15-21-26-31-36-44(47)50-39-43(52-46(49)38-33-28-23-18-17-20-25-30-35-42(5)7-2)40-51-45(48)37-32-27-22-16-13-14-19-24-29-34-41(3)4/h41-43H,6-40H2,1-5H3/t42?,43-/m0/s1. The molecule has 2 atom stereocenters. The lowest BCUT2D eigenvalue weighted by atomic mass is 9.99. The molecule has 0 aromatic rings. The largest absolute Gasteiger partial charge is 0.462 e. The van der Waals surface area contributed by atoms with Crippen LogP contribution in [0.4, 0.5) is 0 Å². The average molecular weight is 737 g/mol. The lowest BCUT2D eigenvalue weighted by Crippen LogP contribution is -2.30. The second-order valence-electron chi connectivity index (χ2n) is 16.4. The van der Waals surface area contributed by atoms with Crippen LogP contribution in [-0.2, 0) is 28.6 Å². The third-order valence-electron chi connectivity index (χ3n) is 10.6. The SMILES string of the molecule is CCCCCCCCCCCCC(=O)OC[C@@H](COC(=O)CCCCCCCCCCCC(C)C)OC(=O)CCCCCCCCCCC(C)CC. The van der Waals surface area contributed by atoms with Crippen LogP contribution in [0.5, 0.6) is 0 Å². The molecule has 6 heteroatoms. The molecule has 0 aliphatic heterocycles. The van der Waals surface area contributed by atoms with E-state index in [-0.39, 0.29) is 31.1 Å². The van der Waals surface area contributed by atoms with Crippen LogP contribution in [0.1, 0.15) is 247 Å². The van der Waals surface area contributed by atoms with E-state index in [4.69, 9.17) is 14.2 Å². The Hall–Kier alpha value is -1.59. The monoisotopic (exact) mass is 737 g/mol. The minimum Gasteiger partial charge on any atom is -0.462 e. The van der Waals surface area contributed by atoms with E-state index in [0.29, 0.717) is 19.3 Å². The van der Waals surface area contributed by atoms with Crippen LogP contribution < -0.4 is 0 Å². The fourth-order valence-corrected chi connectivity index (χ4v) is 6.72. The second-order valence-corrected chi connectivity index (χ2v) is 16.4. The second kappa shape index (κ2) is 39.1. The van der Waals surface area contributed by atoms with E-state index in [1.165, 1.54) is 135 Å². The van der Waals surface area contributed by atoms with Gasteiger partial charge < -0.3 is 14.2 Å². The maximum absolute atomic E-state index is 12.7. The Bertz CT molecular complexity index is 796. The molecular formula is C46H88O6. The van der Waals surface area contributed by atoms with Gasteiger partial charge in [-0.2, -0.15) is 0 Å². The summed E-state index contributed by atoms with van der Waals surface area (Å²) in [4.78, 5) is 37.7. The molecule has 1 unspecified atom stereocenters. The fraction of sp³-hybridized carbons (Fsp3) is 0.935. The third-order valence-corrected chi connectivity index (χ3v) is 10.6. The van der Waals surface area contributed by atoms with Gasteiger partial charge in [-0.3, -0.25) is 14.4 Å². The molecule has 0 aliphatic carbocycles. The van der Waals surface area contributed by atoms with Crippen LogP contribution in [0, 0.1) is 11.8 Å². The first-order chi connectivity index (χ1) is 25.3. The Labute approximate surface area is 323 Å². The molecule has 308 valence electrons. The van der Waals surface area contributed by atoms with Gasteiger partial charge >= 0.3 is 17.9 Å². The van der Waals surface area contributed by atoms with Crippen molar-refractivity contribution in [2.75, 3.05) is 13.2 Å². The molecule has 0 rings (SSSR count). The molecular weight excluding hydrogens is 648 g/mol. The zero-order valence-electron chi connectivity index (χ0n) is 35.4. The van der Waals surface area contributed by atoms with Crippen LogP contribution >= 0.6 is 0 Å². The Morgan fingerprint density at radius 3 is 1.10 bits per heavy atom. The Balaban J connectivity index is 4.35. The van der Waals surface area contributed by atoms with Gasteiger partial charge in [0, 0.05) is 19.3 Å². The fourth-order valence-electron chi connectivity index (χ4n) is 6.72. The van der Waals surface area contributed by atoms with E-state index in [9.17, 15) is 14.4 Å².